The van der Waals surface area contributed by atoms with E-state index in [0.717, 1.165) is 56.3 Å². The van der Waals surface area contributed by atoms with Crippen LogP contribution in [-0.4, -0.2) is 37.2 Å². The summed E-state index contributed by atoms with van der Waals surface area (Å²) in [7, 11) is 0. The predicted octanol–water partition coefficient (Wildman–Crippen LogP) is 2.19. The molecule has 20 heavy (non-hydrogen) atoms. The molecular weight excluding hydrogens is 255 g/mol. The van der Waals surface area contributed by atoms with E-state index in [1.54, 1.807) is 12.1 Å². The molecule has 0 saturated carbocycles. The van der Waals surface area contributed by atoms with Gasteiger partial charge in [0.15, 0.2) is 0 Å². The second-order valence-electron chi connectivity index (χ2n) is 6.02. The van der Waals surface area contributed by atoms with Gasteiger partial charge in [0, 0.05) is 18.5 Å². The first-order valence-electron chi connectivity index (χ1n) is 7.62. The van der Waals surface area contributed by atoms with Gasteiger partial charge in [-0.05, 0) is 63.0 Å². The smallest absolute Gasteiger partial charge is 0.123 e. The van der Waals surface area contributed by atoms with Crippen molar-refractivity contribution in [1.29, 1.82) is 0 Å². The number of hydrogen-bond donors (Lipinski definition) is 1. The van der Waals surface area contributed by atoms with Crippen molar-refractivity contribution in [2.45, 2.75) is 31.8 Å². The topological polar surface area (TPSA) is 38.5 Å². The summed E-state index contributed by atoms with van der Waals surface area (Å²) in [4.78, 5) is 2.47. The summed E-state index contributed by atoms with van der Waals surface area (Å²) in [6.07, 6.45) is 4.64. The van der Waals surface area contributed by atoms with Gasteiger partial charge >= 0.3 is 0 Å². The van der Waals surface area contributed by atoms with E-state index in [-0.39, 0.29) is 11.9 Å². The number of benzene rings is 1. The number of hydrogen-bond acceptors (Lipinski definition) is 3. The van der Waals surface area contributed by atoms with Crippen LogP contribution in [0.15, 0.2) is 18.2 Å². The van der Waals surface area contributed by atoms with Gasteiger partial charge in [0.25, 0.3) is 0 Å². The molecule has 2 aliphatic rings. The number of halogens is 1. The third-order valence-electron chi connectivity index (χ3n) is 4.51. The molecule has 0 amide bonds. The van der Waals surface area contributed by atoms with Gasteiger partial charge in [0.1, 0.15) is 17.7 Å². The Bertz CT molecular complexity index is 458. The van der Waals surface area contributed by atoms with E-state index >= 15 is 0 Å². The first-order valence-corrected chi connectivity index (χ1v) is 7.62. The number of piperidine rings is 1. The summed E-state index contributed by atoms with van der Waals surface area (Å²) >= 11 is 0. The zero-order valence-electron chi connectivity index (χ0n) is 11.9. The zero-order valence-corrected chi connectivity index (χ0v) is 11.9. The Labute approximate surface area is 119 Å². The molecule has 2 heterocycles. The molecule has 0 spiro atoms. The fourth-order valence-electron chi connectivity index (χ4n) is 3.37. The summed E-state index contributed by atoms with van der Waals surface area (Å²) < 4.78 is 19.1. The third kappa shape index (κ3) is 3.13. The van der Waals surface area contributed by atoms with Crippen molar-refractivity contribution in [2.24, 2.45) is 11.7 Å². The van der Waals surface area contributed by atoms with E-state index in [2.05, 4.69) is 4.90 Å². The fourth-order valence-corrected chi connectivity index (χ4v) is 3.37. The van der Waals surface area contributed by atoms with Crippen LogP contribution in [0.3, 0.4) is 0 Å². The maximum Gasteiger partial charge on any atom is 0.123 e. The summed E-state index contributed by atoms with van der Waals surface area (Å²) in [5.41, 5.74) is 6.63. The molecule has 0 bridgehead atoms. The molecule has 4 heteroatoms. The summed E-state index contributed by atoms with van der Waals surface area (Å²) in [6.45, 7) is 4.02. The SMILES string of the molecule is NCCC1CCN(CC2Cc3cc(F)ccc3O2)CC1. The third-order valence-corrected chi connectivity index (χ3v) is 4.51. The number of ether oxygens (including phenoxy) is 1. The first kappa shape index (κ1) is 13.8. The van der Waals surface area contributed by atoms with Crippen LogP contribution in [0.25, 0.3) is 0 Å². The Morgan fingerprint density at radius 3 is 2.85 bits per heavy atom. The molecule has 3 nitrogen and oxygen atoms in total. The fraction of sp³-hybridized carbons (Fsp3) is 0.625. The van der Waals surface area contributed by atoms with E-state index < -0.39 is 0 Å². The monoisotopic (exact) mass is 278 g/mol. The molecule has 0 aromatic heterocycles. The van der Waals surface area contributed by atoms with Crippen LogP contribution in [0.4, 0.5) is 4.39 Å². The Morgan fingerprint density at radius 1 is 1.30 bits per heavy atom. The average Bonchev–Trinajstić information content (AvgIpc) is 2.82. The van der Waals surface area contributed by atoms with Crippen LogP contribution < -0.4 is 10.5 Å². The van der Waals surface area contributed by atoms with Crippen molar-refractivity contribution >= 4 is 0 Å². The van der Waals surface area contributed by atoms with Gasteiger partial charge < -0.3 is 10.5 Å². The lowest BCUT2D eigenvalue weighted by Gasteiger charge is -2.33. The molecule has 0 aliphatic carbocycles. The van der Waals surface area contributed by atoms with Gasteiger partial charge in [-0.2, -0.15) is 0 Å². The van der Waals surface area contributed by atoms with Crippen molar-refractivity contribution < 1.29 is 9.13 Å². The minimum absolute atomic E-state index is 0.171. The van der Waals surface area contributed by atoms with Gasteiger partial charge in [0.2, 0.25) is 0 Å². The Kier molecular flexibility index (Phi) is 4.22. The molecule has 2 aliphatic heterocycles. The Morgan fingerprint density at radius 2 is 2.10 bits per heavy atom. The van der Waals surface area contributed by atoms with Crippen LogP contribution in [0.1, 0.15) is 24.8 Å². The number of nitrogens with zero attached hydrogens (tertiary/aromatic N) is 1. The standard InChI is InChI=1S/C16H23FN2O/c17-14-1-2-16-13(9-14)10-15(20-16)11-19-7-4-12(3-6-18)5-8-19/h1-2,9,12,15H,3-8,10-11,18H2. The maximum absolute atomic E-state index is 13.2. The van der Waals surface area contributed by atoms with Gasteiger partial charge in [-0.15, -0.1) is 0 Å². The average molecular weight is 278 g/mol. The highest BCUT2D eigenvalue weighted by Gasteiger charge is 2.27. The minimum Gasteiger partial charge on any atom is -0.488 e. The molecular formula is C16H23FN2O. The quantitative estimate of drug-likeness (QED) is 0.917. The summed E-state index contributed by atoms with van der Waals surface area (Å²) in [5.74, 6) is 1.48. The summed E-state index contributed by atoms with van der Waals surface area (Å²) in [5, 5.41) is 0. The molecule has 110 valence electrons. The van der Waals surface area contributed by atoms with Crippen LogP contribution in [0.5, 0.6) is 5.75 Å². The Balaban J connectivity index is 1.49. The van der Waals surface area contributed by atoms with E-state index in [9.17, 15) is 4.39 Å². The largest absolute Gasteiger partial charge is 0.488 e. The van der Waals surface area contributed by atoms with Crippen LogP contribution >= 0.6 is 0 Å². The Hall–Kier alpha value is -1.13. The van der Waals surface area contributed by atoms with Crippen molar-refractivity contribution in [3.8, 4) is 5.75 Å². The van der Waals surface area contributed by atoms with Crippen LogP contribution in [0, 0.1) is 11.7 Å². The lowest BCUT2D eigenvalue weighted by molar-refractivity contribution is 0.115. The van der Waals surface area contributed by atoms with Gasteiger partial charge in [-0.1, -0.05) is 0 Å². The number of likely N-dealkylation sites (tertiary alicyclic amines) is 1. The molecule has 1 atom stereocenters. The molecule has 3 rings (SSSR count). The van der Waals surface area contributed by atoms with E-state index in [4.69, 9.17) is 10.5 Å². The highest BCUT2D eigenvalue weighted by Crippen LogP contribution is 2.30. The first-order chi connectivity index (χ1) is 9.74. The molecule has 1 saturated heterocycles. The lowest BCUT2D eigenvalue weighted by Crippen LogP contribution is -2.40. The predicted molar refractivity (Wildman–Crippen MR) is 77.4 cm³/mol. The molecule has 0 radical (unpaired) electrons. The van der Waals surface area contributed by atoms with E-state index in [0.29, 0.717) is 0 Å². The molecule has 1 fully saturated rings. The van der Waals surface area contributed by atoms with Gasteiger partial charge in [-0.3, -0.25) is 4.90 Å². The number of nitrogens with two attached hydrogens (primary N) is 1. The van der Waals surface area contributed by atoms with Crippen molar-refractivity contribution in [3.63, 3.8) is 0 Å². The van der Waals surface area contributed by atoms with Crippen molar-refractivity contribution in [2.75, 3.05) is 26.2 Å². The molecule has 1 unspecified atom stereocenters. The normalized spacial score (nSPS) is 23.6. The van der Waals surface area contributed by atoms with Gasteiger partial charge in [0.05, 0.1) is 0 Å². The second-order valence-corrected chi connectivity index (χ2v) is 6.02. The van der Waals surface area contributed by atoms with Crippen LogP contribution in [0.2, 0.25) is 0 Å². The number of fused-ring (bicyclic) bond motifs is 1. The molecule has 1 aromatic carbocycles. The highest BCUT2D eigenvalue weighted by atomic mass is 19.1. The molecule has 2 N–H and O–H groups in total. The van der Waals surface area contributed by atoms with Gasteiger partial charge in [-0.25, -0.2) is 4.39 Å². The van der Waals surface area contributed by atoms with Crippen LogP contribution in [-0.2, 0) is 6.42 Å². The summed E-state index contributed by atoms with van der Waals surface area (Å²) in [6, 6.07) is 4.82. The van der Waals surface area contributed by atoms with E-state index in [1.165, 1.54) is 18.9 Å². The lowest BCUT2D eigenvalue weighted by atomic mass is 9.93. The van der Waals surface area contributed by atoms with Crippen molar-refractivity contribution in [3.05, 3.63) is 29.6 Å². The zero-order chi connectivity index (χ0) is 13.9. The maximum atomic E-state index is 13.2. The highest BCUT2D eigenvalue weighted by molar-refractivity contribution is 5.37. The number of rotatable bonds is 4. The second kappa shape index (κ2) is 6.10. The van der Waals surface area contributed by atoms with E-state index in [1.807, 2.05) is 0 Å². The molecule has 1 aromatic rings. The van der Waals surface area contributed by atoms with Crippen molar-refractivity contribution in [1.82, 2.24) is 4.90 Å². The minimum atomic E-state index is -0.171.